The predicted molar refractivity (Wildman–Crippen MR) is 67.0 cm³/mol. The first-order chi connectivity index (χ1) is 8.10. The van der Waals surface area contributed by atoms with Crippen LogP contribution in [-0.4, -0.2) is 28.6 Å². The van der Waals surface area contributed by atoms with Crippen molar-refractivity contribution in [2.24, 2.45) is 0 Å². The minimum Gasteiger partial charge on any atom is -0.394 e. The van der Waals surface area contributed by atoms with Gasteiger partial charge < -0.3 is 15.4 Å². The van der Waals surface area contributed by atoms with Gasteiger partial charge in [-0.1, -0.05) is 12.1 Å². The zero-order valence-corrected chi connectivity index (χ0v) is 9.95. The van der Waals surface area contributed by atoms with E-state index in [1.165, 1.54) is 0 Å². The van der Waals surface area contributed by atoms with Crippen molar-refractivity contribution >= 4 is 16.8 Å². The monoisotopic (exact) mass is 232 g/mol. The third kappa shape index (κ3) is 2.47. The maximum Gasteiger partial charge on any atom is 0.268 e. The number of aromatic nitrogens is 1. The van der Waals surface area contributed by atoms with Gasteiger partial charge in [-0.05, 0) is 31.5 Å². The van der Waals surface area contributed by atoms with Crippen LogP contribution in [0.3, 0.4) is 0 Å². The Bertz CT molecular complexity index is 545. The molecule has 17 heavy (non-hydrogen) atoms. The van der Waals surface area contributed by atoms with Crippen LogP contribution in [0.5, 0.6) is 0 Å². The molecule has 2 aromatic rings. The van der Waals surface area contributed by atoms with Crippen molar-refractivity contribution in [2.45, 2.75) is 19.9 Å². The maximum absolute atomic E-state index is 11.8. The summed E-state index contributed by atoms with van der Waals surface area (Å²) in [4.78, 5) is 14.9. The lowest BCUT2D eigenvalue weighted by Crippen LogP contribution is -2.35. The summed E-state index contributed by atoms with van der Waals surface area (Å²) in [5.41, 5.74) is 2.62. The number of hydrogen-bond acceptors (Lipinski definition) is 2. The summed E-state index contributed by atoms with van der Waals surface area (Å²) < 4.78 is 0. The zero-order valence-electron chi connectivity index (χ0n) is 9.95. The number of aryl methyl sites for hydroxylation is 1. The molecule has 0 bridgehead atoms. The van der Waals surface area contributed by atoms with Crippen molar-refractivity contribution in [1.29, 1.82) is 0 Å². The number of hydrogen-bond donors (Lipinski definition) is 3. The fraction of sp³-hybridized carbons (Fsp3) is 0.308. The third-order valence-electron chi connectivity index (χ3n) is 2.67. The van der Waals surface area contributed by atoms with E-state index in [2.05, 4.69) is 10.3 Å². The minimum absolute atomic E-state index is 0.0644. The molecule has 0 unspecified atom stereocenters. The molecule has 0 aliphatic heterocycles. The van der Waals surface area contributed by atoms with E-state index in [1.807, 2.05) is 31.2 Å². The van der Waals surface area contributed by atoms with Crippen LogP contribution in [-0.2, 0) is 0 Å². The van der Waals surface area contributed by atoms with E-state index in [1.54, 1.807) is 6.92 Å². The van der Waals surface area contributed by atoms with E-state index in [0.29, 0.717) is 5.69 Å². The minimum atomic E-state index is -0.240. The highest BCUT2D eigenvalue weighted by atomic mass is 16.3. The third-order valence-corrected chi connectivity index (χ3v) is 2.67. The van der Waals surface area contributed by atoms with E-state index >= 15 is 0 Å². The normalized spacial score (nSPS) is 12.6. The molecule has 3 N–H and O–H groups in total. The van der Waals surface area contributed by atoms with Crippen molar-refractivity contribution in [1.82, 2.24) is 10.3 Å². The molecule has 1 aromatic carbocycles. The van der Waals surface area contributed by atoms with Crippen LogP contribution in [0.1, 0.15) is 23.0 Å². The summed E-state index contributed by atoms with van der Waals surface area (Å²) in [6.45, 7) is 3.70. The molecule has 0 aliphatic rings. The van der Waals surface area contributed by atoms with E-state index in [4.69, 9.17) is 5.11 Å². The number of benzene rings is 1. The number of aliphatic hydroxyl groups excluding tert-OH is 1. The first kappa shape index (κ1) is 11.7. The van der Waals surface area contributed by atoms with Gasteiger partial charge in [-0.25, -0.2) is 0 Å². The Morgan fingerprint density at radius 3 is 2.94 bits per heavy atom. The van der Waals surface area contributed by atoms with E-state index in [9.17, 15) is 4.79 Å². The molecule has 90 valence electrons. The fourth-order valence-electron chi connectivity index (χ4n) is 1.71. The Labute approximate surface area is 99.7 Å². The largest absolute Gasteiger partial charge is 0.394 e. The first-order valence-electron chi connectivity index (χ1n) is 5.61. The molecular formula is C13H16N2O2. The quantitative estimate of drug-likeness (QED) is 0.752. The molecule has 4 heteroatoms. The number of fused-ring (bicyclic) bond motifs is 1. The number of aliphatic hydroxyl groups is 1. The average Bonchev–Trinajstić information content (AvgIpc) is 2.71. The summed E-state index contributed by atoms with van der Waals surface area (Å²) >= 11 is 0. The number of carbonyl (C=O) groups excluding carboxylic acids is 1. The highest BCUT2D eigenvalue weighted by molar-refractivity contribution is 5.98. The molecule has 4 nitrogen and oxygen atoms in total. The maximum atomic E-state index is 11.8. The Morgan fingerprint density at radius 1 is 1.47 bits per heavy atom. The Kier molecular flexibility index (Phi) is 3.15. The Morgan fingerprint density at radius 2 is 2.24 bits per heavy atom. The molecule has 1 amide bonds. The van der Waals surface area contributed by atoms with Gasteiger partial charge in [0, 0.05) is 16.9 Å². The smallest absolute Gasteiger partial charge is 0.268 e. The number of aromatic amines is 1. The topological polar surface area (TPSA) is 65.1 Å². The van der Waals surface area contributed by atoms with Gasteiger partial charge in [0.2, 0.25) is 0 Å². The summed E-state index contributed by atoms with van der Waals surface area (Å²) in [6.07, 6.45) is 0. The molecule has 1 atom stereocenters. The summed E-state index contributed by atoms with van der Waals surface area (Å²) in [6, 6.07) is 7.56. The molecule has 0 radical (unpaired) electrons. The van der Waals surface area contributed by atoms with Gasteiger partial charge in [0.15, 0.2) is 0 Å². The lowest BCUT2D eigenvalue weighted by atomic mass is 10.2. The van der Waals surface area contributed by atoms with Gasteiger partial charge in [-0.3, -0.25) is 4.79 Å². The van der Waals surface area contributed by atoms with Crippen molar-refractivity contribution in [3.8, 4) is 0 Å². The molecule has 0 spiro atoms. The lowest BCUT2D eigenvalue weighted by molar-refractivity contribution is 0.0918. The van der Waals surface area contributed by atoms with Gasteiger partial charge in [-0.2, -0.15) is 0 Å². The first-order valence-corrected chi connectivity index (χ1v) is 5.61. The van der Waals surface area contributed by atoms with Crippen molar-refractivity contribution in [2.75, 3.05) is 6.61 Å². The molecule has 0 saturated carbocycles. The molecular weight excluding hydrogens is 216 g/mol. The number of nitrogens with one attached hydrogen (secondary N) is 2. The number of rotatable bonds is 3. The van der Waals surface area contributed by atoms with Gasteiger partial charge in [0.25, 0.3) is 5.91 Å². The summed E-state index contributed by atoms with van der Waals surface area (Å²) in [5, 5.41) is 12.6. The van der Waals surface area contributed by atoms with Crippen LogP contribution in [0.2, 0.25) is 0 Å². The zero-order chi connectivity index (χ0) is 12.4. The van der Waals surface area contributed by atoms with Crippen LogP contribution < -0.4 is 5.32 Å². The number of carbonyl (C=O) groups is 1. The predicted octanol–water partition coefficient (Wildman–Crippen LogP) is 1.59. The number of amides is 1. The standard InChI is InChI=1S/C13H16N2O2/c1-8-3-4-10-6-12(15-11(10)5-8)13(17)14-9(2)7-16/h3-6,9,15-16H,7H2,1-2H3,(H,14,17)/t9-/m0/s1. The average molecular weight is 232 g/mol. The second-order valence-corrected chi connectivity index (χ2v) is 4.33. The van der Waals surface area contributed by atoms with Gasteiger partial charge in [-0.15, -0.1) is 0 Å². The highest BCUT2D eigenvalue weighted by Gasteiger charge is 2.11. The molecule has 0 saturated heterocycles. The molecule has 0 aliphatic carbocycles. The van der Waals surface area contributed by atoms with Crippen LogP contribution in [0.15, 0.2) is 24.3 Å². The summed E-state index contributed by atoms with van der Waals surface area (Å²) in [5.74, 6) is -0.194. The fourth-order valence-corrected chi connectivity index (χ4v) is 1.71. The summed E-state index contributed by atoms with van der Waals surface area (Å²) in [7, 11) is 0. The molecule has 1 heterocycles. The van der Waals surface area contributed by atoms with Crippen molar-refractivity contribution in [3.63, 3.8) is 0 Å². The van der Waals surface area contributed by atoms with Crippen LogP contribution in [0, 0.1) is 6.92 Å². The van der Waals surface area contributed by atoms with Crippen LogP contribution in [0.25, 0.3) is 10.9 Å². The van der Waals surface area contributed by atoms with Crippen molar-refractivity contribution in [3.05, 3.63) is 35.5 Å². The molecule has 2 rings (SSSR count). The highest BCUT2D eigenvalue weighted by Crippen LogP contribution is 2.16. The van der Waals surface area contributed by atoms with Gasteiger partial charge >= 0.3 is 0 Å². The lowest BCUT2D eigenvalue weighted by Gasteiger charge is -2.08. The van der Waals surface area contributed by atoms with Crippen LogP contribution in [0.4, 0.5) is 0 Å². The number of H-pyrrole nitrogens is 1. The Hall–Kier alpha value is -1.81. The van der Waals surface area contributed by atoms with E-state index < -0.39 is 0 Å². The molecule has 0 fully saturated rings. The van der Waals surface area contributed by atoms with Crippen molar-refractivity contribution < 1.29 is 9.90 Å². The Balaban J connectivity index is 2.27. The van der Waals surface area contributed by atoms with Crippen LogP contribution >= 0.6 is 0 Å². The second-order valence-electron chi connectivity index (χ2n) is 4.33. The van der Waals surface area contributed by atoms with Gasteiger partial charge in [0.1, 0.15) is 5.69 Å². The van der Waals surface area contributed by atoms with E-state index in [-0.39, 0.29) is 18.6 Å². The van der Waals surface area contributed by atoms with Gasteiger partial charge in [0.05, 0.1) is 6.61 Å². The molecule has 1 aromatic heterocycles. The SMILES string of the molecule is Cc1ccc2cc(C(=O)N[C@@H](C)CO)[nH]c2c1. The second kappa shape index (κ2) is 4.59. The van der Waals surface area contributed by atoms with E-state index in [0.717, 1.165) is 16.5 Å².